The number of aromatic nitrogens is 2. The Labute approximate surface area is 118 Å². The van der Waals surface area contributed by atoms with Crippen molar-refractivity contribution in [1.29, 1.82) is 0 Å². The van der Waals surface area contributed by atoms with Crippen molar-refractivity contribution in [3.63, 3.8) is 0 Å². The van der Waals surface area contributed by atoms with Gasteiger partial charge in [0.25, 0.3) is 0 Å². The van der Waals surface area contributed by atoms with Crippen molar-refractivity contribution in [2.45, 2.75) is 31.7 Å². The molecule has 2 N–H and O–H groups in total. The largest absolute Gasteiger partial charge is 0.339 e. The van der Waals surface area contributed by atoms with Crippen LogP contribution in [0.25, 0.3) is 11.0 Å². The second-order valence-corrected chi connectivity index (χ2v) is 5.46. The molecule has 0 bridgehead atoms. The van der Waals surface area contributed by atoms with Gasteiger partial charge in [0.15, 0.2) is 0 Å². The highest BCUT2D eigenvalue weighted by Gasteiger charge is 2.24. The molecule has 0 saturated carbocycles. The minimum Gasteiger partial charge on any atom is -0.339 e. The van der Waals surface area contributed by atoms with Gasteiger partial charge in [0.1, 0.15) is 5.82 Å². The first kappa shape index (κ1) is 13.4. The summed E-state index contributed by atoms with van der Waals surface area (Å²) >= 11 is 0. The number of rotatable bonds is 4. The van der Waals surface area contributed by atoms with Gasteiger partial charge in [0.05, 0.1) is 11.0 Å². The number of hydrogen-bond donors (Lipinski definition) is 2. The van der Waals surface area contributed by atoms with Crippen LogP contribution in [0.2, 0.25) is 0 Å². The minimum absolute atomic E-state index is 0.224. The van der Waals surface area contributed by atoms with Crippen LogP contribution < -0.4 is 10.2 Å². The Hall–Kier alpha value is -1.62. The van der Waals surface area contributed by atoms with E-state index in [-0.39, 0.29) is 5.82 Å². The Kier molecular flexibility index (Phi) is 3.87. The van der Waals surface area contributed by atoms with Gasteiger partial charge in [-0.2, -0.15) is 0 Å². The number of anilines is 1. The lowest BCUT2D eigenvalue weighted by Crippen LogP contribution is -2.41. The van der Waals surface area contributed by atoms with E-state index in [1.807, 2.05) is 7.05 Å². The quantitative estimate of drug-likeness (QED) is 0.902. The fourth-order valence-electron chi connectivity index (χ4n) is 2.99. The van der Waals surface area contributed by atoms with Gasteiger partial charge in [-0.15, -0.1) is 0 Å². The molecule has 2 heterocycles. The van der Waals surface area contributed by atoms with Crippen molar-refractivity contribution in [2.24, 2.45) is 0 Å². The summed E-state index contributed by atoms with van der Waals surface area (Å²) in [5, 5.41) is 3.21. The van der Waals surface area contributed by atoms with Crippen LogP contribution in [0.3, 0.4) is 0 Å². The maximum atomic E-state index is 13.3. The van der Waals surface area contributed by atoms with Crippen LogP contribution in [0.5, 0.6) is 0 Å². The molecule has 1 unspecified atom stereocenters. The number of imidazole rings is 1. The molecular weight excluding hydrogens is 255 g/mol. The molecule has 1 aromatic carbocycles. The van der Waals surface area contributed by atoms with Gasteiger partial charge in [-0.3, -0.25) is 0 Å². The second-order valence-electron chi connectivity index (χ2n) is 5.46. The molecule has 4 nitrogen and oxygen atoms in total. The van der Waals surface area contributed by atoms with Gasteiger partial charge in [-0.25, -0.2) is 9.37 Å². The van der Waals surface area contributed by atoms with Crippen molar-refractivity contribution < 1.29 is 4.39 Å². The lowest BCUT2D eigenvalue weighted by molar-refractivity contribution is 0.428. The van der Waals surface area contributed by atoms with Gasteiger partial charge < -0.3 is 15.2 Å². The zero-order chi connectivity index (χ0) is 13.9. The molecule has 0 amide bonds. The highest BCUT2D eigenvalue weighted by molar-refractivity contribution is 5.77. The van der Waals surface area contributed by atoms with Crippen molar-refractivity contribution in [2.75, 3.05) is 25.0 Å². The van der Waals surface area contributed by atoms with E-state index < -0.39 is 0 Å². The summed E-state index contributed by atoms with van der Waals surface area (Å²) in [4.78, 5) is 10.2. The van der Waals surface area contributed by atoms with E-state index in [1.54, 1.807) is 6.07 Å². The number of benzene rings is 1. The van der Waals surface area contributed by atoms with Gasteiger partial charge in [0.2, 0.25) is 5.95 Å². The first-order chi connectivity index (χ1) is 9.78. The molecule has 1 fully saturated rings. The summed E-state index contributed by atoms with van der Waals surface area (Å²) in [6, 6.07) is 5.22. The maximum Gasteiger partial charge on any atom is 0.204 e. The summed E-state index contributed by atoms with van der Waals surface area (Å²) in [5.41, 5.74) is 1.61. The highest BCUT2D eigenvalue weighted by atomic mass is 19.1. The number of piperidine rings is 1. The van der Waals surface area contributed by atoms with Gasteiger partial charge in [-0.05, 0) is 57.5 Å². The van der Waals surface area contributed by atoms with Crippen LogP contribution in [0.15, 0.2) is 18.2 Å². The minimum atomic E-state index is -0.224. The molecule has 1 saturated heterocycles. The molecule has 0 radical (unpaired) electrons. The molecule has 1 atom stereocenters. The molecule has 2 aromatic rings. The number of nitrogens with one attached hydrogen (secondary N) is 2. The van der Waals surface area contributed by atoms with Gasteiger partial charge in [0, 0.05) is 12.6 Å². The van der Waals surface area contributed by atoms with Crippen LogP contribution >= 0.6 is 0 Å². The predicted molar refractivity (Wildman–Crippen MR) is 79.6 cm³/mol. The van der Waals surface area contributed by atoms with Crippen LogP contribution in [0.4, 0.5) is 10.3 Å². The third kappa shape index (κ3) is 2.63. The van der Waals surface area contributed by atoms with Crippen molar-refractivity contribution in [1.82, 2.24) is 15.3 Å². The Balaban J connectivity index is 1.86. The van der Waals surface area contributed by atoms with Crippen LogP contribution in [0, 0.1) is 5.82 Å². The fourth-order valence-corrected chi connectivity index (χ4v) is 2.99. The van der Waals surface area contributed by atoms with E-state index in [0.29, 0.717) is 6.04 Å². The third-order valence-corrected chi connectivity index (χ3v) is 4.06. The molecule has 108 valence electrons. The van der Waals surface area contributed by atoms with Crippen LogP contribution in [0.1, 0.15) is 25.7 Å². The molecular formula is C15H21FN4. The van der Waals surface area contributed by atoms with E-state index in [0.717, 1.165) is 36.5 Å². The van der Waals surface area contributed by atoms with E-state index in [9.17, 15) is 4.39 Å². The lowest BCUT2D eigenvalue weighted by Gasteiger charge is -2.35. The van der Waals surface area contributed by atoms with E-state index in [4.69, 9.17) is 0 Å². The number of H-pyrrole nitrogens is 1. The molecule has 0 aliphatic carbocycles. The zero-order valence-corrected chi connectivity index (χ0v) is 11.8. The molecule has 20 heavy (non-hydrogen) atoms. The summed E-state index contributed by atoms with van der Waals surface area (Å²) in [6.45, 7) is 2.03. The van der Waals surface area contributed by atoms with Crippen molar-refractivity contribution >= 4 is 17.0 Å². The highest BCUT2D eigenvalue weighted by Crippen LogP contribution is 2.26. The smallest absolute Gasteiger partial charge is 0.204 e. The predicted octanol–water partition coefficient (Wildman–Crippen LogP) is 2.67. The number of nitrogens with zero attached hydrogens (tertiary/aromatic N) is 2. The van der Waals surface area contributed by atoms with Gasteiger partial charge in [-0.1, -0.05) is 0 Å². The number of halogens is 1. The maximum absolute atomic E-state index is 13.3. The first-order valence-corrected chi connectivity index (χ1v) is 7.34. The van der Waals surface area contributed by atoms with Crippen LogP contribution in [-0.2, 0) is 0 Å². The van der Waals surface area contributed by atoms with E-state index >= 15 is 0 Å². The number of hydrogen-bond acceptors (Lipinski definition) is 3. The molecule has 3 rings (SSSR count). The second kappa shape index (κ2) is 5.79. The number of aromatic amines is 1. The third-order valence-electron chi connectivity index (χ3n) is 4.06. The zero-order valence-electron chi connectivity index (χ0n) is 11.8. The van der Waals surface area contributed by atoms with Crippen LogP contribution in [-0.4, -0.2) is 36.1 Å². The lowest BCUT2D eigenvalue weighted by atomic mass is 10.00. The summed E-state index contributed by atoms with van der Waals surface area (Å²) in [6.07, 6.45) is 4.79. The van der Waals surface area contributed by atoms with Crippen molar-refractivity contribution in [3.05, 3.63) is 24.0 Å². The average molecular weight is 276 g/mol. The Morgan fingerprint density at radius 3 is 3.20 bits per heavy atom. The fraction of sp³-hybridized carbons (Fsp3) is 0.533. The molecule has 1 aromatic heterocycles. The summed E-state index contributed by atoms with van der Waals surface area (Å²) in [5.74, 6) is 0.657. The Morgan fingerprint density at radius 2 is 2.35 bits per heavy atom. The number of fused-ring (bicyclic) bond motifs is 1. The summed E-state index contributed by atoms with van der Waals surface area (Å²) in [7, 11) is 1.98. The molecule has 5 heteroatoms. The standard InChI is InChI=1S/C15H21FN4/c1-17-8-7-12-4-2-3-9-20(12)15-18-13-6-5-11(16)10-14(13)19-15/h5-6,10,12,17H,2-4,7-9H2,1H3,(H,18,19). The SMILES string of the molecule is CNCCC1CCCCN1c1nc2ccc(F)cc2[nH]1. The molecule has 0 spiro atoms. The Morgan fingerprint density at radius 1 is 1.45 bits per heavy atom. The van der Waals surface area contributed by atoms with E-state index in [1.165, 1.54) is 31.4 Å². The van der Waals surface area contributed by atoms with Gasteiger partial charge >= 0.3 is 0 Å². The molecule has 1 aliphatic heterocycles. The Bertz CT molecular complexity index is 580. The topological polar surface area (TPSA) is 44.0 Å². The summed E-state index contributed by atoms with van der Waals surface area (Å²) < 4.78 is 13.3. The van der Waals surface area contributed by atoms with Crippen molar-refractivity contribution in [3.8, 4) is 0 Å². The average Bonchev–Trinajstić information content (AvgIpc) is 2.88. The normalized spacial score (nSPS) is 19.7. The van der Waals surface area contributed by atoms with E-state index in [2.05, 4.69) is 20.2 Å². The molecule has 1 aliphatic rings. The first-order valence-electron chi connectivity index (χ1n) is 7.34. The monoisotopic (exact) mass is 276 g/mol.